The number of rotatable bonds is 6. The fourth-order valence-corrected chi connectivity index (χ4v) is 2.11. The number of carbonyl (C=O) groups is 2. The summed E-state index contributed by atoms with van der Waals surface area (Å²) in [4.78, 5) is 23.3. The molecule has 0 unspecified atom stereocenters. The Hall–Kier alpha value is -1.33. The molecule has 1 aromatic carbocycles. The number of para-hydroxylation sites is 1. The van der Waals surface area contributed by atoms with Crippen molar-refractivity contribution in [1.82, 2.24) is 0 Å². The number of hydrogen-bond acceptors (Lipinski definition) is 4. The van der Waals surface area contributed by atoms with Gasteiger partial charge in [-0.1, -0.05) is 12.1 Å². The highest BCUT2D eigenvalue weighted by atomic mass is 32.2. The third kappa shape index (κ3) is 4.16. The number of anilines is 1. The summed E-state index contributed by atoms with van der Waals surface area (Å²) < 4.78 is 0. The molecular formula is C13H17NO3S. The van der Waals surface area contributed by atoms with Crippen LogP contribution in [0.3, 0.4) is 0 Å². The molecule has 0 fully saturated rings. The summed E-state index contributed by atoms with van der Waals surface area (Å²) in [5.41, 5.74) is 1.04. The highest BCUT2D eigenvalue weighted by molar-refractivity contribution is 8.00. The number of aliphatic hydroxyl groups excluding tert-OH is 1. The van der Waals surface area contributed by atoms with E-state index >= 15 is 0 Å². The molecule has 1 rings (SSSR count). The van der Waals surface area contributed by atoms with Crippen LogP contribution in [0.2, 0.25) is 0 Å². The van der Waals surface area contributed by atoms with Gasteiger partial charge in [-0.2, -0.15) is 0 Å². The molecule has 2 N–H and O–H groups in total. The molecule has 18 heavy (non-hydrogen) atoms. The summed E-state index contributed by atoms with van der Waals surface area (Å²) in [6, 6.07) is 6.92. The van der Waals surface area contributed by atoms with E-state index in [2.05, 4.69) is 5.32 Å². The Morgan fingerprint density at radius 3 is 2.67 bits per heavy atom. The van der Waals surface area contributed by atoms with Crippen LogP contribution in [0.4, 0.5) is 5.69 Å². The maximum absolute atomic E-state index is 11.9. The molecule has 0 saturated heterocycles. The summed E-state index contributed by atoms with van der Waals surface area (Å²) >= 11 is 1.37. The molecule has 98 valence electrons. The highest BCUT2D eigenvalue weighted by Gasteiger charge is 2.15. The maximum atomic E-state index is 11.9. The fourth-order valence-electron chi connectivity index (χ4n) is 1.44. The van der Waals surface area contributed by atoms with Gasteiger partial charge in [0.05, 0.1) is 17.5 Å². The van der Waals surface area contributed by atoms with Gasteiger partial charge in [-0.25, -0.2) is 0 Å². The quantitative estimate of drug-likeness (QED) is 0.773. The second-order valence-corrected chi connectivity index (χ2v) is 5.28. The van der Waals surface area contributed by atoms with Crippen LogP contribution in [0.15, 0.2) is 24.3 Å². The minimum atomic E-state index is -0.267. The van der Waals surface area contributed by atoms with E-state index in [1.54, 1.807) is 31.2 Å². The lowest BCUT2D eigenvalue weighted by Crippen LogP contribution is -2.24. The van der Waals surface area contributed by atoms with Crippen molar-refractivity contribution in [2.24, 2.45) is 0 Å². The van der Waals surface area contributed by atoms with Gasteiger partial charge in [-0.15, -0.1) is 11.8 Å². The minimum absolute atomic E-state index is 0.0479. The number of benzene rings is 1. The summed E-state index contributed by atoms with van der Waals surface area (Å²) in [6.07, 6.45) is 0. The number of amides is 1. The van der Waals surface area contributed by atoms with Gasteiger partial charge in [0, 0.05) is 11.3 Å². The zero-order valence-electron chi connectivity index (χ0n) is 10.5. The molecular weight excluding hydrogens is 250 g/mol. The molecule has 0 aliphatic rings. The first-order chi connectivity index (χ1) is 8.56. The lowest BCUT2D eigenvalue weighted by Gasteiger charge is -2.13. The first-order valence-electron chi connectivity index (χ1n) is 5.69. The Bertz CT molecular complexity index is 434. The first kappa shape index (κ1) is 14.7. The van der Waals surface area contributed by atoms with Gasteiger partial charge >= 0.3 is 0 Å². The Morgan fingerprint density at radius 2 is 2.06 bits per heavy atom. The zero-order valence-corrected chi connectivity index (χ0v) is 11.3. The lowest BCUT2D eigenvalue weighted by atomic mass is 10.1. The van der Waals surface area contributed by atoms with Crippen molar-refractivity contribution >= 4 is 29.1 Å². The van der Waals surface area contributed by atoms with E-state index in [0.717, 1.165) is 0 Å². The molecule has 0 spiro atoms. The van der Waals surface area contributed by atoms with E-state index in [0.29, 0.717) is 17.0 Å². The standard InChI is InChI=1S/C13H17NO3S/c1-9(16)11-5-3-4-6-12(11)14-13(17)10(2)18-8-7-15/h3-6,10,15H,7-8H2,1-2H3,(H,14,17)/t10-/m0/s1. The molecule has 0 aliphatic carbocycles. The topological polar surface area (TPSA) is 66.4 Å². The van der Waals surface area contributed by atoms with Gasteiger partial charge in [0.1, 0.15) is 0 Å². The van der Waals surface area contributed by atoms with Crippen LogP contribution in [0.1, 0.15) is 24.2 Å². The molecule has 0 aromatic heterocycles. The first-order valence-corrected chi connectivity index (χ1v) is 6.74. The lowest BCUT2D eigenvalue weighted by molar-refractivity contribution is -0.115. The SMILES string of the molecule is CC(=O)c1ccccc1NC(=O)[C@H](C)SCCO. The van der Waals surface area contributed by atoms with Crippen molar-refractivity contribution in [3.05, 3.63) is 29.8 Å². The van der Waals surface area contributed by atoms with Gasteiger partial charge in [0.2, 0.25) is 5.91 Å². The van der Waals surface area contributed by atoms with Crippen LogP contribution in [-0.2, 0) is 4.79 Å². The number of carbonyl (C=O) groups excluding carboxylic acids is 2. The molecule has 0 aliphatic heterocycles. The Labute approximate surface area is 111 Å². The number of ketones is 1. The van der Waals surface area contributed by atoms with Crippen molar-refractivity contribution in [3.8, 4) is 0 Å². The molecule has 0 bridgehead atoms. The van der Waals surface area contributed by atoms with Gasteiger partial charge < -0.3 is 10.4 Å². The summed E-state index contributed by atoms with van der Waals surface area (Å²) in [5, 5.41) is 11.2. The largest absolute Gasteiger partial charge is 0.396 e. The van der Waals surface area contributed by atoms with Gasteiger partial charge in [0.15, 0.2) is 5.78 Å². The second-order valence-electron chi connectivity index (χ2n) is 3.83. The monoisotopic (exact) mass is 267 g/mol. The number of aliphatic hydroxyl groups is 1. The van der Waals surface area contributed by atoms with Crippen LogP contribution in [0.5, 0.6) is 0 Å². The molecule has 1 atom stereocenters. The molecule has 0 radical (unpaired) electrons. The van der Waals surface area contributed by atoms with Crippen molar-refractivity contribution in [3.63, 3.8) is 0 Å². The van der Waals surface area contributed by atoms with Crippen LogP contribution >= 0.6 is 11.8 Å². The third-order valence-electron chi connectivity index (χ3n) is 2.39. The van der Waals surface area contributed by atoms with Crippen LogP contribution in [0.25, 0.3) is 0 Å². The third-order valence-corrected chi connectivity index (χ3v) is 3.52. The van der Waals surface area contributed by atoms with E-state index in [-0.39, 0.29) is 23.5 Å². The number of hydrogen-bond donors (Lipinski definition) is 2. The molecule has 1 aromatic rings. The van der Waals surface area contributed by atoms with Crippen molar-refractivity contribution in [2.75, 3.05) is 17.7 Å². The Balaban J connectivity index is 2.72. The average Bonchev–Trinajstić information content (AvgIpc) is 2.36. The minimum Gasteiger partial charge on any atom is -0.396 e. The van der Waals surface area contributed by atoms with Crippen molar-refractivity contribution < 1.29 is 14.7 Å². The second kappa shape index (κ2) is 7.18. The molecule has 4 nitrogen and oxygen atoms in total. The summed E-state index contributed by atoms with van der Waals surface area (Å²) in [7, 11) is 0. The number of Topliss-reactive ketones (excluding diaryl/α,β-unsaturated/α-hetero) is 1. The van der Waals surface area contributed by atoms with Gasteiger partial charge in [-0.3, -0.25) is 9.59 Å². The number of nitrogens with one attached hydrogen (secondary N) is 1. The van der Waals surface area contributed by atoms with Gasteiger partial charge in [0.25, 0.3) is 0 Å². The molecule has 0 saturated carbocycles. The Kier molecular flexibility index (Phi) is 5.88. The summed E-state index contributed by atoms with van der Waals surface area (Å²) in [5.74, 6) is 0.270. The zero-order chi connectivity index (χ0) is 13.5. The fraction of sp³-hybridized carbons (Fsp3) is 0.385. The smallest absolute Gasteiger partial charge is 0.237 e. The predicted octanol–water partition coefficient (Wildman–Crippen LogP) is 1.94. The number of thioether (sulfide) groups is 1. The Morgan fingerprint density at radius 1 is 1.39 bits per heavy atom. The van der Waals surface area contributed by atoms with Crippen LogP contribution in [-0.4, -0.2) is 34.4 Å². The van der Waals surface area contributed by atoms with E-state index in [9.17, 15) is 9.59 Å². The van der Waals surface area contributed by atoms with E-state index in [1.807, 2.05) is 0 Å². The predicted molar refractivity (Wildman–Crippen MR) is 74.1 cm³/mol. The van der Waals surface area contributed by atoms with Crippen LogP contribution < -0.4 is 5.32 Å². The van der Waals surface area contributed by atoms with E-state index in [4.69, 9.17) is 5.11 Å². The average molecular weight is 267 g/mol. The molecule has 1 amide bonds. The van der Waals surface area contributed by atoms with E-state index < -0.39 is 0 Å². The van der Waals surface area contributed by atoms with Gasteiger partial charge in [-0.05, 0) is 26.0 Å². The summed E-state index contributed by atoms with van der Waals surface area (Å²) in [6.45, 7) is 3.29. The molecule has 5 heteroatoms. The molecule has 0 heterocycles. The maximum Gasteiger partial charge on any atom is 0.237 e. The van der Waals surface area contributed by atoms with Crippen LogP contribution in [0, 0.1) is 0 Å². The highest BCUT2D eigenvalue weighted by Crippen LogP contribution is 2.18. The normalized spacial score (nSPS) is 11.9. The van der Waals surface area contributed by atoms with Crippen molar-refractivity contribution in [1.29, 1.82) is 0 Å². The van der Waals surface area contributed by atoms with E-state index in [1.165, 1.54) is 18.7 Å². The van der Waals surface area contributed by atoms with Crippen molar-refractivity contribution in [2.45, 2.75) is 19.1 Å².